The number of carbonyl (C=O) groups is 1. The maximum Gasteiger partial charge on any atom is 0.260 e. The van der Waals surface area contributed by atoms with Crippen molar-refractivity contribution >= 4 is 5.91 Å². The van der Waals surface area contributed by atoms with Crippen molar-refractivity contribution in [3.63, 3.8) is 0 Å². The summed E-state index contributed by atoms with van der Waals surface area (Å²) < 4.78 is 0. The highest BCUT2D eigenvalue weighted by Gasteiger charge is 2.16. The molecular weight excluding hydrogens is 234 g/mol. The molecule has 0 aliphatic heterocycles. The molecule has 1 amide bonds. The Labute approximate surface area is 103 Å². The molecule has 0 radical (unpaired) electrons. The molecule has 0 saturated carbocycles. The zero-order valence-electron chi connectivity index (χ0n) is 10.1. The fourth-order valence-corrected chi connectivity index (χ4v) is 1.54. The van der Waals surface area contributed by atoms with E-state index in [9.17, 15) is 9.59 Å². The number of aromatic nitrogens is 4. The van der Waals surface area contributed by atoms with Crippen molar-refractivity contribution in [3.05, 3.63) is 45.9 Å². The van der Waals surface area contributed by atoms with Crippen molar-refractivity contribution in [2.75, 3.05) is 7.05 Å². The molecule has 0 aliphatic carbocycles. The standard InChI is InChI=1S/C11H13N5O2/c1-7-13-9(15-14-7)6-16(2)11(18)8-4-3-5-12-10(8)17/h3-5H,6H2,1-2H3,(H,12,17)(H,13,14,15). The lowest BCUT2D eigenvalue weighted by Gasteiger charge is -2.14. The molecule has 0 aliphatic rings. The van der Waals surface area contributed by atoms with Gasteiger partial charge in [0.2, 0.25) is 0 Å². The number of amides is 1. The van der Waals surface area contributed by atoms with E-state index in [1.165, 1.54) is 17.2 Å². The van der Waals surface area contributed by atoms with E-state index in [0.29, 0.717) is 11.6 Å². The molecule has 2 rings (SSSR count). The smallest absolute Gasteiger partial charge is 0.260 e. The van der Waals surface area contributed by atoms with Crippen LogP contribution >= 0.6 is 0 Å². The van der Waals surface area contributed by atoms with Gasteiger partial charge in [-0.3, -0.25) is 14.7 Å². The van der Waals surface area contributed by atoms with E-state index >= 15 is 0 Å². The Balaban J connectivity index is 2.15. The van der Waals surface area contributed by atoms with Gasteiger partial charge in [0.1, 0.15) is 11.4 Å². The SMILES string of the molecule is Cc1nc(CN(C)C(=O)c2ccc[nH]c2=O)n[nH]1. The van der Waals surface area contributed by atoms with Crippen LogP contribution in [0.1, 0.15) is 22.0 Å². The van der Waals surface area contributed by atoms with Gasteiger partial charge in [0.15, 0.2) is 5.82 Å². The molecule has 0 bridgehead atoms. The Morgan fingerprint density at radius 1 is 1.50 bits per heavy atom. The van der Waals surface area contributed by atoms with Crippen LogP contribution in [0.25, 0.3) is 0 Å². The molecule has 0 saturated heterocycles. The lowest BCUT2D eigenvalue weighted by Crippen LogP contribution is -2.31. The third-order valence-corrected chi connectivity index (χ3v) is 2.42. The van der Waals surface area contributed by atoms with E-state index in [1.54, 1.807) is 20.0 Å². The number of hydrogen-bond donors (Lipinski definition) is 2. The van der Waals surface area contributed by atoms with Crippen molar-refractivity contribution in [2.24, 2.45) is 0 Å². The van der Waals surface area contributed by atoms with Gasteiger partial charge in [0, 0.05) is 13.2 Å². The molecule has 0 atom stereocenters. The van der Waals surface area contributed by atoms with E-state index in [-0.39, 0.29) is 18.0 Å². The van der Waals surface area contributed by atoms with Crippen molar-refractivity contribution in [2.45, 2.75) is 13.5 Å². The van der Waals surface area contributed by atoms with E-state index in [1.807, 2.05) is 0 Å². The highest BCUT2D eigenvalue weighted by atomic mass is 16.2. The first-order valence-corrected chi connectivity index (χ1v) is 5.39. The van der Waals surface area contributed by atoms with Crippen LogP contribution in [0.2, 0.25) is 0 Å². The molecule has 0 unspecified atom stereocenters. The monoisotopic (exact) mass is 247 g/mol. The number of carbonyl (C=O) groups excluding carboxylic acids is 1. The van der Waals surface area contributed by atoms with Gasteiger partial charge in [0.05, 0.1) is 6.54 Å². The van der Waals surface area contributed by atoms with Gasteiger partial charge in [-0.1, -0.05) is 0 Å². The van der Waals surface area contributed by atoms with E-state index in [4.69, 9.17) is 0 Å². The summed E-state index contributed by atoms with van der Waals surface area (Å²) >= 11 is 0. The largest absolute Gasteiger partial charge is 0.334 e. The number of pyridine rings is 1. The van der Waals surface area contributed by atoms with Crippen LogP contribution in [0.5, 0.6) is 0 Å². The summed E-state index contributed by atoms with van der Waals surface area (Å²) in [5.41, 5.74) is -0.298. The molecule has 2 aromatic rings. The van der Waals surface area contributed by atoms with Crippen molar-refractivity contribution in [1.82, 2.24) is 25.1 Å². The first-order chi connectivity index (χ1) is 8.58. The average molecular weight is 247 g/mol. The van der Waals surface area contributed by atoms with Crippen LogP contribution in [0.4, 0.5) is 0 Å². The minimum atomic E-state index is -0.402. The lowest BCUT2D eigenvalue weighted by molar-refractivity contribution is 0.0780. The average Bonchev–Trinajstić information content (AvgIpc) is 2.74. The Morgan fingerprint density at radius 3 is 2.89 bits per heavy atom. The minimum absolute atomic E-state index is 0.104. The van der Waals surface area contributed by atoms with Gasteiger partial charge in [-0.05, 0) is 19.1 Å². The van der Waals surface area contributed by atoms with Crippen molar-refractivity contribution < 1.29 is 4.79 Å². The molecule has 0 fully saturated rings. The Hall–Kier alpha value is -2.44. The molecule has 0 aromatic carbocycles. The zero-order chi connectivity index (χ0) is 13.1. The fourth-order valence-electron chi connectivity index (χ4n) is 1.54. The quantitative estimate of drug-likeness (QED) is 0.802. The summed E-state index contributed by atoms with van der Waals surface area (Å²) in [5, 5.41) is 6.64. The molecule has 18 heavy (non-hydrogen) atoms. The molecule has 2 aromatic heterocycles. The topological polar surface area (TPSA) is 94.7 Å². The van der Waals surface area contributed by atoms with Gasteiger partial charge in [-0.2, -0.15) is 5.10 Å². The predicted molar refractivity (Wildman–Crippen MR) is 64.0 cm³/mol. The van der Waals surface area contributed by atoms with Crippen LogP contribution < -0.4 is 5.56 Å². The maximum atomic E-state index is 12.0. The molecular formula is C11H13N5O2. The molecule has 7 nitrogen and oxygen atoms in total. The second-order valence-corrected chi connectivity index (χ2v) is 3.91. The number of H-pyrrole nitrogens is 2. The van der Waals surface area contributed by atoms with Crippen LogP contribution in [-0.4, -0.2) is 38.0 Å². The first-order valence-electron chi connectivity index (χ1n) is 5.39. The van der Waals surface area contributed by atoms with Crippen LogP contribution in [0.15, 0.2) is 23.1 Å². The van der Waals surface area contributed by atoms with E-state index in [0.717, 1.165) is 0 Å². The number of nitrogens with one attached hydrogen (secondary N) is 2. The van der Waals surface area contributed by atoms with Crippen molar-refractivity contribution in [3.8, 4) is 0 Å². The summed E-state index contributed by atoms with van der Waals surface area (Å²) in [6.45, 7) is 2.03. The molecule has 7 heteroatoms. The van der Waals surface area contributed by atoms with E-state index in [2.05, 4.69) is 20.2 Å². The Kier molecular flexibility index (Phi) is 3.22. The minimum Gasteiger partial charge on any atom is -0.334 e. The lowest BCUT2D eigenvalue weighted by atomic mass is 10.2. The van der Waals surface area contributed by atoms with Crippen LogP contribution in [0, 0.1) is 6.92 Å². The molecule has 94 valence electrons. The molecule has 0 spiro atoms. The van der Waals surface area contributed by atoms with Gasteiger partial charge >= 0.3 is 0 Å². The first kappa shape index (κ1) is 12.0. The number of nitrogens with zero attached hydrogens (tertiary/aromatic N) is 3. The highest BCUT2D eigenvalue weighted by molar-refractivity contribution is 5.93. The van der Waals surface area contributed by atoms with Gasteiger partial charge in [0.25, 0.3) is 11.5 Å². The second-order valence-electron chi connectivity index (χ2n) is 3.91. The summed E-state index contributed by atoms with van der Waals surface area (Å²) in [6.07, 6.45) is 1.48. The summed E-state index contributed by atoms with van der Waals surface area (Å²) in [7, 11) is 1.60. The summed E-state index contributed by atoms with van der Waals surface area (Å²) in [6, 6.07) is 3.10. The summed E-state index contributed by atoms with van der Waals surface area (Å²) in [4.78, 5) is 31.5. The Morgan fingerprint density at radius 2 is 2.28 bits per heavy atom. The fraction of sp³-hybridized carbons (Fsp3) is 0.273. The predicted octanol–water partition coefficient (Wildman–Crippen LogP) is 0.0736. The number of rotatable bonds is 3. The summed E-state index contributed by atoms with van der Waals surface area (Å²) in [5.74, 6) is 0.832. The molecule has 2 N–H and O–H groups in total. The normalized spacial score (nSPS) is 10.3. The number of hydrogen-bond acceptors (Lipinski definition) is 4. The maximum absolute atomic E-state index is 12.0. The Bertz CT molecular complexity index is 616. The van der Waals surface area contributed by atoms with Crippen molar-refractivity contribution in [1.29, 1.82) is 0 Å². The highest BCUT2D eigenvalue weighted by Crippen LogP contribution is 2.01. The van der Waals surface area contributed by atoms with Gasteiger partial charge < -0.3 is 9.88 Å². The van der Waals surface area contributed by atoms with Gasteiger partial charge in [-0.25, -0.2) is 4.98 Å². The van der Waals surface area contributed by atoms with E-state index < -0.39 is 5.56 Å². The number of aryl methyl sites for hydroxylation is 1. The zero-order valence-corrected chi connectivity index (χ0v) is 10.1. The van der Waals surface area contributed by atoms with Crippen LogP contribution in [-0.2, 0) is 6.54 Å². The number of aromatic amines is 2. The van der Waals surface area contributed by atoms with Crippen LogP contribution in [0.3, 0.4) is 0 Å². The third-order valence-electron chi connectivity index (χ3n) is 2.42. The molecule has 2 heterocycles. The third kappa shape index (κ3) is 2.45. The second kappa shape index (κ2) is 4.82. The van der Waals surface area contributed by atoms with Gasteiger partial charge in [-0.15, -0.1) is 0 Å².